The molecular formula is C12H9F17O3. The molecule has 1 unspecified atom stereocenters. The molecule has 0 amide bonds. The second-order valence-corrected chi connectivity index (χ2v) is 6.37. The number of rotatable bonds is 9. The van der Waals surface area contributed by atoms with Gasteiger partial charge in [-0.25, -0.2) is 9.13 Å². The van der Waals surface area contributed by atoms with E-state index in [1.165, 1.54) is 0 Å². The Kier molecular flexibility index (Phi) is 7.56. The maximum absolute atomic E-state index is 13.7. The van der Waals surface area contributed by atoms with E-state index < -0.39 is 61.1 Å². The Morgan fingerprint density at radius 2 is 0.719 bits per heavy atom. The summed E-state index contributed by atoms with van der Waals surface area (Å²) in [7, 11) is 0. The molecule has 0 N–H and O–H groups in total. The van der Waals surface area contributed by atoms with Crippen LogP contribution in [0.15, 0.2) is 0 Å². The van der Waals surface area contributed by atoms with Gasteiger partial charge in [-0.15, -0.1) is 0 Å². The van der Waals surface area contributed by atoms with Crippen LogP contribution in [0, 0.1) is 0 Å². The highest BCUT2D eigenvalue weighted by Crippen LogP contribution is 2.53. The van der Waals surface area contributed by atoms with Crippen LogP contribution in [0.1, 0.15) is 20.8 Å². The van der Waals surface area contributed by atoms with E-state index in [-0.39, 0.29) is 13.8 Å². The Bertz CT molecular complexity index is 661. The molecule has 0 aliphatic carbocycles. The monoisotopic (exact) mass is 524 g/mol. The summed E-state index contributed by atoms with van der Waals surface area (Å²) >= 11 is 0. The first-order chi connectivity index (χ1) is 13.4. The molecule has 0 saturated carbocycles. The van der Waals surface area contributed by atoms with E-state index in [4.69, 9.17) is 0 Å². The minimum atomic E-state index is -7.42. The van der Waals surface area contributed by atoms with Crippen molar-refractivity contribution in [3.05, 3.63) is 0 Å². The van der Waals surface area contributed by atoms with Gasteiger partial charge in [-0.2, -0.15) is 70.2 Å². The first-order valence-electron chi connectivity index (χ1n) is 7.19. The van der Waals surface area contributed by atoms with Gasteiger partial charge in [0.25, 0.3) is 0 Å². The molecule has 32 heavy (non-hydrogen) atoms. The third kappa shape index (κ3) is 5.78. The fourth-order valence-corrected chi connectivity index (χ4v) is 1.28. The summed E-state index contributed by atoms with van der Waals surface area (Å²) in [6.45, 7) is -1.85. The van der Waals surface area contributed by atoms with E-state index in [1.54, 1.807) is 0 Å². The van der Waals surface area contributed by atoms with Crippen molar-refractivity contribution >= 4 is 0 Å². The normalized spacial score (nSPS) is 18.0. The average Bonchev–Trinajstić information content (AvgIpc) is 2.40. The Balaban J connectivity index is 5.96. The molecule has 0 aliphatic heterocycles. The molecule has 0 aromatic heterocycles. The topological polar surface area (TPSA) is 27.7 Å². The Hall–Kier alpha value is -1.31. The van der Waals surface area contributed by atoms with Crippen molar-refractivity contribution in [2.45, 2.75) is 74.9 Å². The second-order valence-electron chi connectivity index (χ2n) is 6.37. The molecule has 20 heteroatoms. The first kappa shape index (κ1) is 30.7. The smallest absolute Gasteiger partial charge is 0.298 e. The van der Waals surface area contributed by atoms with E-state index >= 15 is 0 Å². The third-order valence-electron chi connectivity index (χ3n) is 3.22. The lowest BCUT2D eigenvalue weighted by molar-refractivity contribution is -0.544. The van der Waals surface area contributed by atoms with E-state index in [0.717, 1.165) is 0 Å². The number of hydrogen-bond acceptors (Lipinski definition) is 3. The maximum Gasteiger partial charge on any atom is 0.462 e. The van der Waals surface area contributed by atoms with Gasteiger partial charge in [-0.1, -0.05) is 0 Å². The van der Waals surface area contributed by atoms with Gasteiger partial charge in [0.05, 0.1) is 0 Å². The average molecular weight is 524 g/mol. The predicted molar refractivity (Wildman–Crippen MR) is 63.7 cm³/mol. The molecular weight excluding hydrogens is 515 g/mol. The van der Waals surface area contributed by atoms with Gasteiger partial charge < -0.3 is 0 Å². The highest BCUT2D eigenvalue weighted by atomic mass is 19.4. The quantitative estimate of drug-likeness (QED) is 0.317. The van der Waals surface area contributed by atoms with Gasteiger partial charge in [0, 0.05) is 6.92 Å². The van der Waals surface area contributed by atoms with E-state index in [0.29, 0.717) is 0 Å². The Labute approximate surface area is 165 Å². The van der Waals surface area contributed by atoms with E-state index in [1.807, 2.05) is 9.47 Å². The predicted octanol–water partition coefficient (Wildman–Crippen LogP) is 6.63. The Morgan fingerprint density at radius 1 is 0.375 bits per heavy atom. The fraction of sp³-hybridized carbons (Fsp3) is 1.00. The number of halogens is 17. The molecule has 0 bridgehead atoms. The van der Waals surface area contributed by atoms with Gasteiger partial charge in [-0.05, 0) is 13.8 Å². The SMILES string of the molecule is CC(C)(OC(F)(F)C(F)(F)OC(F)(F)C(C)(F)OC(F)(F)C(F)(F)C(F)(F)F)C(F)(F)F. The molecule has 0 fully saturated rings. The van der Waals surface area contributed by atoms with Gasteiger partial charge in [0.2, 0.25) is 0 Å². The molecule has 0 rings (SSSR count). The summed E-state index contributed by atoms with van der Waals surface area (Å²) in [5, 5.41) is 0. The molecule has 0 saturated heterocycles. The lowest BCUT2D eigenvalue weighted by Gasteiger charge is -2.39. The van der Waals surface area contributed by atoms with Gasteiger partial charge in [0.15, 0.2) is 5.60 Å². The van der Waals surface area contributed by atoms with Crippen LogP contribution in [0.2, 0.25) is 0 Å². The van der Waals surface area contributed by atoms with Crippen LogP contribution in [0.25, 0.3) is 0 Å². The lowest BCUT2D eigenvalue weighted by Crippen LogP contribution is -2.62. The summed E-state index contributed by atoms with van der Waals surface area (Å²) in [5.41, 5.74) is -4.23. The van der Waals surface area contributed by atoms with Crippen molar-refractivity contribution in [3.8, 4) is 0 Å². The van der Waals surface area contributed by atoms with Crippen molar-refractivity contribution < 1.29 is 88.8 Å². The summed E-state index contributed by atoms with van der Waals surface area (Å²) in [5.74, 6) is -13.6. The molecule has 0 radical (unpaired) electrons. The van der Waals surface area contributed by atoms with Gasteiger partial charge in [-0.3, -0.25) is 9.47 Å². The number of hydrogen-bond donors (Lipinski definition) is 0. The van der Waals surface area contributed by atoms with Crippen LogP contribution in [0.5, 0.6) is 0 Å². The van der Waals surface area contributed by atoms with E-state index in [9.17, 15) is 74.6 Å². The lowest BCUT2D eigenvalue weighted by atomic mass is 10.1. The zero-order chi connectivity index (χ0) is 26.6. The zero-order valence-corrected chi connectivity index (χ0v) is 15.2. The van der Waals surface area contributed by atoms with Crippen LogP contribution >= 0.6 is 0 Å². The second kappa shape index (κ2) is 7.88. The molecule has 0 aromatic carbocycles. The largest absolute Gasteiger partial charge is 0.462 e. The van der Waals surface area contributed by atoms with Crippen molar-refractivity contribution in [3.63, 3.8) is 0 Å². The van der Waals surface area contributed by atoms with Crippen molar-refractivity contribution in [2.24, 2.45) is 0 Å². The minimum absolute atomic E-state index is 0.322. The first-order valence-corrected chi connectivity index (χ1v) is 7.19. The molecule has 0 heterocycles. The van der Waals surface area contributed by atoms with Crippen molar-refractivity contribution in [1.82, 2.24) is 0 Å². The van der Waals surface area contributed by atoms with Gasteiger partial charge in [0.1, 0.15) is 0 Å². The van der Waals surface area contributed by atoms with Crippen LogP contribution in [-0.4, -0.2) is 54.2 Å². The molecule has 1 atom stereocenters. The van der Waals surface area contributed by atoms with Crippen molar-refractivity contribution in [2.75, 3.05) is 0 Å². The molecule has 0 aliphatic rings. The Morgan fingerprint density at radius 3 is 1.03 bits per heavy atom. The summed E-state index contributed by atoms with van der Waals surface area (Å²) < 4.78 is 224. The third-order valence-corrected chi connectivity index (χ3v) is 3.22. The zero-order valence-electron chi connectivity index (χ0n) is 15.2. The van der Waals surface area contributed by atoms with Gasteiger partial charge >= 0.3 is 48.6 Å². The summed E-state index contributed by atoms with van der Waals surface area (Å²) in [6.07, 6.45) is -41.1. The van der Waals surface area contributed by atoms with Crippen LogP contribution in [-0.2, 0) is 14.2 Å². The number of ether oxygens (including phenoxy) is 3. The molecule has 3 nitrogen and oxygen atoms in total. The summed E-state index contributed by atoms with van der Waals surface area (Å²) in [6, 6.07) is 0. The maximum atomic E-state index is 13.7. The van der Waals surface area contributed by atoms with Crippen molar-refractivity contribution in [1.29, 1.82) is 0 Å². The minimum Gasteiger partial charge on any atom is -0.298 e. The van der Waals surface area contributed by atoms with E-state index in [2.05, 4.69) is 4.74 Å². The molecule has 0 aromatic rings. The molecule has 0 spiro atoms. The number of alkyl halides is 17. The highest BCUT2D eigenvalue weighted by Gasteiger charge is 2.79. The summed E-state index contributed by atoms with van der Waals surface area (Å²) in [4.78, 5) is 0. The highest BCUT2D eigenvalue weighted by molar-refractivity contribution is 4.89. The van der Waals surface area contributed by atoms with Crippen LogP contribution < -0.4 is 0 Å². The fourth-order valence-electron chi connectivity index (χ4n) is 1.28. The standard InChI is InChI=1S/C12H9F17O3/c1-4(2,7(16,17)18)30-11(26,27)12(28,29)32-9(22,23)5(3,13)31-10(24,25)6(14,15)8(19,20)21/h1-3H3. The molecule has 194 valence electrons. The van der Waals surface area contributed by atoms with Crippen LogP contribution in [0.3, 0.4) is 0 Å². The van der Waals surface area contributed by atoms with Crippen LogP contribution in [0.4, 0.5) is 74.6 Å².